The van der Waals surface area contributed by atoms with Crippen LogP contribution in [-0.2, 0) is 9.53 Å². The Kier molecular flexibility index (Phi) is 6.48. The lowest BCUT2D eigenvalue weighted by atomic mass is 10.2. The van der Waals surface area contributed by atoms with Crippen molar-refractivity contribution in [2.45, 2.75) is 19.8 Å². The number of halogens is 3. The highest BCUT2D eigenvalue weighted by Gasteiger charge is 2.07. The summed E-state index contributed by atoms with van der Waals surface area (Å²) in [5, 5.41) is 2.73. The molecule has 0 fully saturated rings. The van der Waals surface area contributed by atoms with Gasteiger partial charge in [0.15, 0.2) is 0 Å². The zero-order valence-corrected chi connectivity index (χ0v) is 12.0. The lowest BCUT2D eigenvalue weighted by Crippen LogP contribution is -2.16. The number of anilines is 1. The van der Waals surface area contributed by atoms with Crippen molar-refractivity contribution in [2.24, 2.45) is 0 Å². The van der Waals surface area contributed by atoms with Gasteiger partial charge in [0.1, 0.15) is 6.61 Å². The third kappa shape index (κ3) is 5.72. The first-order chi connectivity index (χ1) is 8.49. The molecule has 3 nitrogen and oxygen atoms in total. The van der Waals surface area contributed by atoms with Gasteiger partial charge in [0.05, 0.1) is 13.0 Å². The number of aryl methyl sites for hydroxylation is 1. The molecule has 0 atom stereocenters. The van der Waals surface area contributed by atoms with Crippen molar-refractivity contribution in [2.75, 3.05) is 18.5 Å². The summed E-state index contributed by atoms with van der Waals surface area (Å²) < 4.78 is 29.2. The molecule has 1 N–H and O–H groups in total. The molecule has 0 aliphatic rings. The SMILES string of the molecule is Cc1ccc(I)cc1NC(=O)CCOCC(F)F. The Balaban J connectivity index is 2.38. The molecular formula is C12H14F2INO2. The molecule has 0 aliphatic heterocycles. The van der Waals surface area contributed by atoms with E-state index in [0.717, 1.165) is 14.8 Å². The van der Waals surface area contributed by atoms with Gasteiger partial charge in [-0.05, 0) is 47.2 Å². The van der Waals surface area contributed by atoms with Crippen LogP contribution in [0, 0.1) is 10.5 Å². The maximum Gasteiger partial charge on any atom is 0.261 e. The summed E-state index contributed by atoms with van der Waals surface area (Å²) in [6.45, 7) is 1.26. The zero-order chi connectivity index (χ0) is 13.5. The predicted molar refractivity (Wildman–Crippen MR) is 74.0 cm³/mol. The normalized spacial score (nSPS) is 10.7. The third-order valence-corrected chi connectivity index (χ3v) is 2.86. The Bertz CT molecular complexity index is 413. The Morgan fingerprint density at radius 2 is 2.22 bits per heavy atom. The first-order valence-electron chi connectivity index (χ1n) is 5.41. The summed E-state index contributed by atoms with van der Waals surface area (Å²) in [5.74, 6) is -0.241. The molecule has 0 radical (unpaired) electrons. The smallest absolute Gasteiger partial charge is 0.261 e. The van der Waals surface area contributed by atoms with Crippen LogP contribution in [0.2, 0.25) is 0 Å². The molecule has 0 aromatic heterocycles. The van der Waals surface area contributed by atoms with Crippen LogP contribution in [0.4, 0.5) is 14.5 Å². The maximum atomic E-state index is 11.8. The fraction of sp³-hybridized carbons (Fsp3) is 0.417. The van der Waals surface area contributed by atoms with Crippen LogP contribution in [-0.4, -0.2) is 25.5 Å². The van der Waals surface area contributed by atoms with Crippen molar-refractivity contribution >= 4 is 34.2 Å². The van der Waals surface area contributed by atoms with Crippen LogP contribution in [0.25, 0.3) is 0 Å². The van der Waals surface area contributed by atoms with Crippen LogP contribution in [0.1, 0.15) is 12.0 Å². The molecule has 6 heteroatoms. The Labute approximate surface area is 118 Å². The first-order valence-corrected chi connectivity index (χ1v) is 6.49. The first kappa shape index (κ1) is 15.3. The molecule has 1 aromatic rings. The topological polar surface area (TPSA) is 38.3 Å². The highest BCUT2D eigenvalue weighted by Crippen LogP contribution is 2.18. The largest absolute Gasteiger partial charge is 0.375 e. The van der Waals surface area contributed by atoms with Crippen LogP contribution in [0.5, 0.6) is 0 Å². The average Bonchev–Trinajstić information content (AvgIpc) is 2.29. The average molecular weight is 369 g/mol. The van der Waals surface area contributed by atoms with Gasteiger partial charge in [-0.15, -0.1) is 0 Å². The summed E-state index contributed by atoms with van der Waals surface area (Å²) in [4.78, 5) is 11.5. The van der Waals surface area contributed by atoms with Gasteiger partial charge >= 0.3 is 0 Å². The molecule has 0 spiro atoms. The fourth-order valence-corrected chi connectivity index (χ4v) is 1.77. The number of rotatable bonds is 6. The van der Waals surface area contributed by atoms with Gasteiger partial charge in [0.25, 0.3) is 6.43 Å². The van der Waals surface area contributed by atoms with E-state index in [1.54, 1.807) is 0 Å². The van der Waals surface area contributed by atoms with Gasteiger partial charge in [0, 0.05) is 9.26 Å². The molecule has 0 saturated heterocycles. The summed E-state index contributed by atoms with van der Waals surface area (Å²) >= 11 is 2.15. The number of benzene rings is 1. The van der Waals surface area contributed by atoms with E-state index >= 15 is 0 Å². The molecule has 0 bridgehead atoms. The van der Waals surface area contributed by atoms with Crippen LogP contribution in [0.15, 0.2) is 18.2 Å². The van der Waals surface area contributed by atoms with Gasteiger partial charge in [-0.2, -0.15) is 0 Å². The Hall–Kier alpha value is -0.760. The second kappa shape index (κ2) is 7.63. The summed E-state index contributed by atoms with van der Waals surface area (Å²) in [6, 6.07) is 5.70. The molecule has 0 aliphatic carbocycles. The van der Waals surface area contributed by atoms with Crippen molar-refractivity contribution in [3.63, 3.8) is 0 Å². The molecular weight excluding hydrogens is 355 g/mol. The lowest BCUT2D eigenvalue weighted by molar-refractivity contribution is -0.117. The molecule has 0 heterocycles. The van der Waals surface area contributed by atoms with E-state index in [2.05, 4.69) is 32.6 Å². The zero-order valence-electron chi connectivity index (χ0n) is 9.88. The van der Waals surface area contributed by atoms with E-state index in [1.165, 1.54) is 0 Å². The fourth-order valence-electron chi connectivity index (χ4n) is 1.28. The van der Waals surface area contributed by atoms with E-state index in [4.69, 9.17) is 0 Å². The molecule has 1 amide bonds. The Morgan fingerprint density at radius 3 is 2.89 bits per heavy atom. The number of alkyl halides is 2. The minimum absolute atomic E-state index is 0.000847. The van der Waals surface area contributed by atoms with Crippen molar-refractivity contribution in [1.82, 2.24) is 0 Å². The van der Waals surface area contributed by atoms with Crippen molar-refractivity contribution < 1.29 is 18.3 Å². The van der Waals surface area contributed by atoms with E-state index in [-0.39, 0.29) is 18.9 Å². The number of ether oxygens (including phenoxy) is 1. The quantitative estimate of drug-likeness (QED) is 0.618. The standard InChI is InChI=1S/C12H14F2INO2/c1-8-2-3-9(15)6-10(8)16-12(17)4-5-18-7-11(13)14/h2-3,6,11H,4-5,7H2,1H3,(H,16,17). The van der Waals surface area contributed by atoms with Gasteiger partial charge in [-0.1, -0.05) is 6.07 Å². The summed E-state index contributed by atoms with van der Waals surface area (Å²) in [6.07, 6.45) is -2.43. The van der Waals surface area contributed by atoms with Gasteiger partial charge < -0.3 is 10.1 Å². The number of hydrogen-bond donors (Lipinski definition) is 1. The lowest BCUT2D eigenvalue weighted by Gasteiger charge is -2.09. The molecule has 1 aromatic carbocycles. The minimum Gasteiger partial charge on any atom is -0.375 e. The number of carbonyl (C=O) groups excluding carboxylic acids is 1. The molecule has 1 rings (SSSR count). The number of carbonyl (C=O) groups is 1. The highest BCUT2D eigenvalue weighted by atomic mass is 127. The Morgan fingerprint density at radius 1 is 1.50 bits per heavy atom. The molecule has 100 valence electrons. The van der Waals surface area contributed by atoms with E-state index in [1.807, 2.05) is 25.1 Å². The van der Waals surface area contributed by atoms with Crippen LogP contribution >= 0.6 is 22.6 Å². The minimum atomic E-state index is -2.49. The van der Waals surface area contributed by atoms with Crippen LogP contribution < -0.4 is 5.32 Å². The molecule has 0 unspecified atom stereocenters. The van der Waals surface area contributed by atoms with Gasteiger partial charge in [-0.25, -0.2) is 8.78 Å². The highest BCUT2D eigenvalue weighted by molar-refractivity contribution is 14.1. The van der Waals surface area contributed by atoms with Gasteiger partial charge in [-0.3, -0.25) is 4.79 Å². The summed E-state index contributed by atoms with van der Waals surface area (Å²) in [7, 11) is 0. The van der Waals surface area contributed by atoms with Gasteiger partial charge in [0.2, 0.25) is 5.91 Å². The van der Waals surface area contributed by atoms with Crippen molar-refractivity contribution in [1.29, 1.82) is 0 Å². The van der Waals surface area contributed by atoms with E-state index in [9.17, 15) is 13.6 Å². The van der Waals surface area contributed by atoms with Crippen LogP contribution in [0.3, 0.4) is 0 Å². The molecule has 18 heavy (non-hydrogen) atoms. The number of hydrogen-bond acceptors (Lipinski definition) is 2. The van der Waals surface area contributed by atoms with E-state index < -0.39 is 13.0 Å². The third-order valence-electron chi connectivity index (χ3n) is 2.19. The maximum absolute atomic E-state index is 11.8. The van der Waals surface area contributed by atoms with E-state index in [0.29, 0.717) is 0 Å². The number of amides is 1. The van der Waals surface area contributed by atoms with Crippen molar-refractivity contribution in [3.05, 3.63) is 27.3 Å². The second-order valence-electron chi connectivity index (χ2n) is 3.72. The van der Waals surface area contributed by atoms with Crippen molar-refractivity contribution in [3.8, 4) is 0 Å². The summed E-state index contributed by atoms with van der Waals surface area (Å²) in [5.41, 5.74) is 1.69. The number of nitrogens with one attached hydrogen (secondary N) is 1. The monoisotopic (exact) mass is 369 g/mol. The second-order valence-corrected chi connectivity index (χ2v) is 4.97. The predicted octanol–water partition coefficient (Wildman–Crippen LogP) is 3.21. The molecule has 0 saturated carbocycles.